The van der Waals surface area contributed by atoms with Crippen molar-refractivity contribution in [3.05, 3.63) is 65.2 Å². The molecule has 0 saturated carbocycles. The van der Waals surface area contributed by atoms with Crippen molar-refractivity contribution in [3.8, 4) is 5.75 Å². The number of ether oxygens (including phenoxy) is 1. The number of nitrogens with zero attached hydrogens (tertiary/aromatic N) is 1. The van der Waals surface area contributed by atoms with Gasteiger partial charge in [-0.2, -0.15) is 0 Å². The predicted molar refractivity (Wildman–Crippen MR) is 111 cm³/mol. The monoisotopic (exact) mass is 402 g/mol. The standard InChI is InChI=1S/C22H27ClN2O3/c1-4-16(2)24-22(27)17(3)25(14-18-10-12-19(23)13-11-18)21(26)15-28-20-8-6-5-7-9-20/h5-13,16-17H,4,14-15H2,1-3H3,(H,24,27)/t16-,17+/m1/s1. The Morgan fingerprint density at radius 1 is 1.07 bits per heavy atom. The minimum absolute atomic E-state index is 0.0444. The quantitative estimate of drug-likeness (QED) is 0.688. The van der Waals surface area contributed by atoms with Crippen LogP contribution < -0.4 is 10.1 Å². The number of hydrogen-bond acceptors (Lipinski definition) is 3. The highest BCUT2D eigenvalue weighted by atomic mass is 35.5. The van der Waals surface area contributed by atoms with Crippen LogP contribution in [0.4, 0.5) is 0 Å². The van der Waals surface area contributed by atoms with Gasteiger partial charge in [0.05, 0.1) is 0 Å². The Kier molecular flexibility index (Phi) is 8.33. The highest BCUT2D eigenvalue weighted by Crippen LogP contribution is 2.15. The number of carbonyl (C=O) groups is 2. The number of hydrogen-bond donors (Lipinski definition) is 1. The molecule has 0 unspecified atom stereocenters. The minimum Gasteiger partial charge on any atom is -0.484 e. The second-order valence-corrected chi connectivity index (χ2v) is 7.18. The van der Waals surface area contributed by atoms with Crippen molar-refractivity contribution in [2.24, 2.45) is 0 Å². The molecular weight excluding hydrogens is 376 g/mol. The Hall–Kier alpha value is -2.53. The van der Waals surface area contributed by atoms with Gasteiger partial charge in [0, 0.05) is 17.6 Å². The van der Waals surface area contributed by atoms with Gasteiger partial charge in [-0.15, -0.1) is 0 Å². The van der Waals surface area contributed by atoms with E-state index >= 15 is 0 Å². The van der Waals surface area contributed by atoms with Gasteiger partial charge < -0.3 is 15.0 Å². The Morgan fingerprint density at radius 3 is 2.32 bits per heavy atom. The van der Waals surface area contributed by atoms with Gasteiger partial charge in [0.15, 0.2) is 6.61 Å². The van der Waals surface area contributed by atoms with E-state index in [1.54, 1.807) is 31.2 Å². The summed E-state index contributed by atoms with van der Waals surface area (Å²) in [6.45, 7) is 5.82. The van der Waals surface area contributed by atoms with Gasteiger partial charge in [0.25, 0.3) is 5.91 Å². The van der Waals surface area contributed by atoms with Crippen LogP contribution in [0.2, 0.25) is 5.02 Å². The van der Waals surface area contributed by atoms with Crippen LogP contribution in [-0.4, -0.2) is 35.4 Å². The topological polar surface area (TPSA) is 58.6 Å². The number of benzene rings is 2. The van der Waals surface area contributed by atoms with Gasteiger partial charge in [-0.3, -0.25) is 9.59 Å². The van der Waals surface area contributed by atoms with E-state index in [0.29, 0.717) is 17.3 Å². The van der Waals surface area contributed by atoms with E-state index < -0.39 is 6.04 Å². The number of amides is 2. The zero-order chi connectivity index (χ0) is 20.5. The fraction of sp³-hybridized carbons (Fsp3) is 0.364. The number of carbonyl (C=O) groups excluding carboxylic acids is 2. The normalized spacial score (nSPS) is 12.7. The molecule has 0 heterocycles. The van der Waals surface area contributed by atoms with Gasteiger partial charge in [-0.25, -0.2) is 0 Å². The highest BCUT2D eigenvalue weighted by molar-refractivity contribution is 6.30. The van der Waals surface area contributed by atoms with Gasteiger partial charge in [-0.05, 0) is 50.1 Å². The van der Waals surface area contributed by atoms with Crippen molar-refractivity contribution < 1.29 is 14.3 Å². The maximum Gasteiger partial charge on any atom is 0.261 e. The average molecular weight is 403 g/mol. The van der Waals surface area contributed by atoms with Crippen molar-refractivity contribution in [2.75, 3.05) is 6.61 Å². The Balaban J connectivity index is 2.12. The highest BCUT2D eigenvalue weighted by Gasteiger charge is 2.27. The van der Waals surface area contributed by atoms with E-state index in [2.05, 4.69) is 5.32 Å². The van der Waals surface area contributed by atoms with Gasteiger partial charge in [0.2, 0.25) is 5.91 Å². The number of para-hydroxylation sites is 1. The van der Waals surface area contributed by atoms with E-state index in [4.69, 9.17) is 16.3 Å². The first-order valence-corrected chi connectivity index (χ1v) is 9.80. The molecule has 0 bridgehead atoms. The summed E-state index contributed by atoms with van der Waals surface area (Å²) < 4.78 is 5.59. The number of rotatable bonds is 9. The lowest BCUT2D eigenvalue weighted by Gasteiger charge is -2.29. The molecule has 0 aromatic heterocycles. The fourth-order valence-corrected chi connectivity index (χ4v) is 2.71. The molecule has 1 N–H and O–H groups in total. The van der Waals surface area contributed by atoms with E-state index in [1.165, 1.54) is 4.90 Å². The third-order valence-electron chi connectivity index (χ3n) is 4.54. The maximum absolute atomic E-state index is 12.9. The maximum atomic E-state index is 12.9. The van der Waals surface area contributed by atoms with E-state index in [-0.39, 0.29) is 24.5 Å². The smallest absolute Gasteiger partial charge is 0.261 e. The third-order valence-corrected chi connectivity index (χ3v) is 4.79. The second kappa shape index (κ2) is 10.7. The first-order chi connectivity index (χ1) is 13.4. The molecule has 2 atom stereocenters. The SMILES string of the molecule is CC[C@@H](C)NC(=O)[C@H](C)N(Cc1ccc(Cl)cc1)C(=O)COc1ccccc1. The van der Waals surface area contributed by atoms with Crippen LogP contribution >= 0.6 is 11.6 Å². The molecule has 2 rings (SSSR count). The molecule has 0 fully saturated rings. The summed E-state index contributed by atoms with van der Waals surface area (Å²) in [6.07, 6.45) is 0.820. The van der Waals surface area contributed by atoms with E-state index in [9.17, 15) is 9.59 Å². The summed E-state index contributed by atoms with van der Waals surface area (Å²) >= 11 is 5.95. The molecule has 6 heteroatoms. The van der Waals surface area contributed by atoms with Crippen molar-refractivity contribution >= 4 is 23.4 Å². The minimum atomic E-state index is -0.628. The van der Waals surface area contributed by atoms with Crippen molar-refractivity contribution in [1.82, 2.24) is 10.2 Å². The molecular formula is C22H27ClN2O3. The summed E-state index contributed by atoms with van der Waals surface area (Å²) in [7, 11) is 0. The zero-order valence-electron chi connectivity index (χ0n) is 16.5. The van der Waals surface area contributed by atoms with Gasteiger partial charge in [0.1, 0.15) is 11.8 Å². The van der Waals surface area contributed by atoms with Gasteiger partial charge >= 0.3 is 0 Å². The van der Waals surface area contributed by atoms with Crippen molar-refractivity contribution in [1.29, 1.82) is 0 Å². The van der Waals surface area contributed by atoms with Crippen LogP contribution in [0, 0.1) is 0 Å². The number of nitrogens with one attached hydrogen (secondary N) is 1. The first-order valence-electron chi connectivity index (χ1n) is 9.42. The van der Waals surface area contributed by atoms with Crippen LogP contribution in [0.1, 0.15) is 32.8 Å². The molecule has 0 aliphatic heterocycles. The van der Waals surface area contributed by atoms with Crippen LogP contribution in [-0.2, 0) is 16.1 Å². The second-order valence-electron chi connectivity index (χ2n) is 6.74. The molecule has 2 amide bonds. The fourth-order valence-electron chi connectivity index (χ4n) is 2.58. The van der Waals surface area contributed by atoms with E-state index in [0.717, 1.165) is 12.0 Å². The molecule has 5 nitrogen and oxygen atoms in total. The first kappa shape index (κ1) is 21.8. The Bertz CT molecular complexity index is 765. The lowest BCUT2D eigenvalue weighted by Crippen LogP contribution is -2.50. The average Bonchev–Trinajstić information content (AvgIpc) is 2.71. The lowest BCUT2D eigenvalue weighted by atomic mass is 10.1. The molecule has 0 saturated heterocycles. The van der Waals surface area contributed by atoms with Crippen LogP contribution in [0.5, 0.6) is 5.75 Å². The zero-order valence-corrected chi connectivity index (χ0v) is 17.3. The summed E-state index contributed by atoms with van der Waals surface area (Å²) in [5.74, 6) is 0.168. The Labute approximate surface area is 171 Å². The summed E-state index contributed by atoms with van der Waals surface area (Å²) in [5.41, 5.74) is 0.889. The van der Waals surface area contributed by atoms with Crippen molar-refractivity contribution in [2.45, 2.75) is 45.8 Å². The third kappa shape index (κ3) is 6.57. The summed E-state index contributed by atoms with van der Waals surface area (Å²) in [6, 6.07) is 15.8. The van der Waals surface area contributed by atoms with Crippen LogP contribution in [0.25, 0.3) is 0 Å². The number of halogens is 1. The van der Waals surface area contributed by atoms with Crippen LogP contribution in [0.3, 0.4) is 0 Å². The van der Waals surface area contributed by atoms with Crippen molar-refractivity contribution in [3.63, 3.8) is 0 Å². The van der Waals surface area contributed by atoms with Crippen LogP contribution in [0.15, 0.2) is 54.6 Å². The lowest BCUT2D eigenvalue weighted by molar-refractivity contribution is -0.142. The molecule has 2 aromatic carbocycles. The van der Waals surface area contributed by atoms with E-state index in [1.807, 2.05) is 44.2 Å². The molecule has 0 spiro atoms. The molecule has 2 aromatic rings. The molecule has 28 heavy (non-hydrogen) atoms. The summed E-state index contributed by atoms with van der Waals surface area (Å²) in [4.78, 5) is 27.0. The molecule has 0 radical (unpaired) electrons. The molecule has 0 aliphatic rings. The molecule has 150 valence electrons. The predicted octanol–water partition coefficient (Wildman–Crippen LogP) is 4.05. The largest absolute Gasteiger partial charge is 0.484 e. The Morgan fingerprint density at radius 2 is 1.71 bits per heavy atom. The summed E-state index contributed by atoms with van der Waals surface area (Å²) in [5, 5.41) is 3.56. The molecule has 0 aliphatic carbocycles. The van der Waals surface area contributed by atoms with Gasteiger partial charge in [-0.1, -0.05) is 48.9 Å².